The van der Waals surface area contributed by atoms with E-state index in [1.807, 2.05) is 0 Å². The summed E-state index contributed by atoms with van der Waals surface area (Å²) < 4.78 is 4.88. The molecule has 0 radical (unpaired) electrons. The summed E-state index contributed by atoms with van der Waals surface area (Å²) in [7, 11) is 0. The fraction of sp³-hybridized carbons (Fsp3) is 0.700. The Balaban J connectivity index is 3.16. The second-order valence-corrected chi connectivity index (χ2v) is 3.05. The lowest BCUT2D eigenvalue weighted by Gasteiger charge is -2.03. The predicted molar refractivity (Wildman–Crippen MR) is 51.3 cm³/mol. The molecule has 1 N–H and O–H groups in total. The molecule has 0 aliphatic heterocycles. The average Bonchev–Trinajstić information content (AvgIpc) is 2.10. The normalized spacial score (nSPS) is 9.69. The van der Waals surface area contributed by atoms with Gasteiger partial charge in [-0.1, -0.05) is 13.0 Å². The number of unbranched alkanes of at least 4 members (excludes halogenated alkanes) is 3. The summed E-state index contributed by atoms with van der Waals surface area (Å²) in [4.78, 5) is 10.9. The van der Waals surface area contributed by atoms with E-state index in [9.17, 15) is 4.79 Å². The Bertz CT molecular complexity index is 164. The van der Waals surface area contributed by atoms with Crippen molar-refractivity contribution in [3.05, 3.63) is 12.2 Å². The van der Waals surface area contributed by atoms with Crippen LogP contribution in [0.4, 0.5) is 0 Å². The molecule has 0 aromatic heterocycles. The van der Waals surface area contributed by atoms with Crippen LogP contribution in [0.3, 0.4) is 0 Å². The van der Waals surface area contributed by atoms with Crippen LogP contribution in [0.15, 0.2) is 12.2 Å². The summed E-state index contributed by atoms with van der Waals surface area (Å²) in [6, 6.07) is 0. The molecule has 0 spiro atoms. The maximum atomic E-state index is 10.9. The standard InChI is InChI=1S/C10H18O3/c1-9(2)10(12)13-8-6-4-3-5-7-11/h11H,1,3-8H2,2H3. The van der Waals surface area contributed by atoms with Gasteiger partial charge in [-0.25, -0.2) is 4.79 Å². The number of aliphatic hydroxyl groups is 1. The van der Waals surface area contributed by atoms with Crippen LogP contribution in [0.25, 0.3) is 0 Å². The van der Waals surface area contributed by atoms with Gasteiger partial charge < -0.3 is 9.84 Å². The zero-order valence-electron chi connectivity index (χ0n) is 8.21. The van der Waals surface area contributed by atoms with E-state index in [4.69, 9.17) is 9.84 Å². The second-order valence-electron chi connectivity index (χ2n) is 3.05. The van der Waals surface area contributed by atoms with E-state index in [0.29, 0.717) is 12.2 Å². The van der Waals surface area contributed by atoms with Gasteiger partial charge in [-0.05, 0) is 26.2 Å². The molecule has 13 heavy (non-hydrogen) atoms. The molecule has 0 aromatic carbocycles. The summed E-state index contributed by atoms with van der Waals surface area (Å²) >= 11 is 0. The Morgan fingerprint density at radius 3 is 2.46 bits per heavy atom. The first-order chi connectivity index (χ1) is 6.18. The Labute approximate surface area is 79.4 Å². The molecule has 0 rings (SSSR count). The van der Waals surface area contributed by atoms with E-state index in [1.54, 1.807) is 6.92 Å². The molecule has 3 heteroatoms. The van der Waals surface area contributed by atoms with Crippen molar-refractivity contribution in [2.75, 3.05) is 13.2 Å². The zero-order chi connectivity index (χ0) is 10.1. The summed E-state index contributed by atoms with van der Waals surface area (Å²) in [6.45, 7) is 5.81. The molecular weight excluding hydrogens is 168 g/mol. The van der Waals surface area contributed by atoms with Gasteiger partial charge in [0.05, 0.1) is 6.61 Å². The number of hydrogen-bond acceptors (Lipinski definition) is 3. The first-order valence-electron chi connectivity index (χ1n) is 4.62. The monoisotopic (exact) mass is 186 g/mol. The quantitative estimate of drug-likeness (QED) is 0.373. The van der Waals surface area contributed by atoms with Crippen LogP contribution in [-0.2, 0) is 9.53 Å². The topological polar surface area (TPSA) is 46.5 Å². The molecule has 0 bridgehead atoms. The van der Waals surface area contributed by atoms with Crippen molar-refractivity contribution in [1.82, 2.24) is 0 Å². The van der Waals surface area contributed by atoms with Crippen molar-refractivity contribution in [1.29, 1.82) is 0 Å². The molecule has 0 unspecified atom stereocenters. The van der Waals surface area contributed by atoms with Crippen molar-refractivity contribution in [2.45, 2.75) is 32.6 Å². The highest BCUT2D eigenvalue weighted by molar-refractivity contribution is 5.86. The van der Waals surface area contributed by atoms with Crippen LogP contribution < -0.4 is 0 Å². The fourth-order valence-corrected chi connectivity index (χ4v) is 0.855. The van der Waals surface area contributed by atoms with Crippen LogP contribution in [-0.4, -0.2) is 24.3 Å². The Morgan fingerprint density at radius 1 is 1.31 bits per heavy atom. The first-order valence-corrected chi connectivity index (χ1v) is 4.62. The van der Waals surface area contributed by atoms with E-state index in [0.717, 1.165) is 25.7 Å². The molecule has 3 nitrogen and oxygen atoms in total. The van der Waals surface area contributed by atoms with Gasteiger partial charge in [0.15, 0.2) is 0 Å². The van der Waals surface area contributed by atoms with E-state index in [-0.39, 0.29) is 12.6 Å². The highest BCUT2D eigenvalue weighted by atomic mass is 16.5. The van der Waals surface area contributed by atoms with Crippen LogP contribution in [0.5, 0.6) is 0 Å². The maximum Gasteiger partial charge on any atom is 0.333 e. The minimum absolute atomic E-state index is 0.242. The van der Waals surface area contributed by atoms with Gasteiger partial charge in [-0.2, -0.15) is 0 Å². The highest BCUT2D eigenvalue weighted by Gasteiger charge is 2.01. The largest absolute Gasteiger partial charge is 0.462 e. The number of ether oxygens (including phenoxy) is 1. The van der Waals surface area contributed by atoms with Crippen LogP contribution in [0.2, 0.25) is 0 Å². The minimum Gasteiger partial charge on any atom is -0.462 e. The van der Waals surface area contributed by atoms with Crippen LogP contribution in [0.1, 0.15) is 32.6 Å². The Hall–Kier alpha value is -0.830. The second kappa shape index (κ2) is 7.80. The SMILES string of the molecule is C=C(C)C(=O)OCCCCCCO. The third kappa shape index (κ3) is 7.53. The number of carbonyl (C=O) groups is 1. The summed E-state index contributed by atoms with van der Waals surface area (Å²) in [6.07, 6.45) is 3.67. The van der Waals surface area contributed by atoms with Gasteiger partial charge >= 0.3 is 5.97 Å². The molecule has 0 atom stereocenters. The molecule has 76 valence electrons. The number of carbonyl (C=O) groups excluding carboxylic acids is 1. The summed E-state index contributed by atoms with van der Waals surface area (Å²) in [5.41, 5.74) is 0.440. The highest BCUT2D eigenvalue weighted by Crippen LogP contribution is 2.00. The molecule has 0 aromatic rings. The third-order valence-corrected chi connectivity index (χ3v) is 1.63. The molecule has 0 heterocycles. The van der Waals surface area contributed by atoms with Crippen molar-refractivity contribution in [3.8, 4) is 0 Å². The number of esters is 1. The molecule has 0 saturated carbocycles. The number of hydrogen-bond donors (Lipinski definition) is 1. The predicted octanol–water partition coefficient (Wildman–Crippen LogP) is 1.66. The molecule has 0 amide bonds. The first kappa shape index (κ1) is 12.2. The molecule has 0 fully saturated rings. The lowest BCUT2D eigenvalue weighted by Crippen LogP contribution is -2.06. The van der Waals surface area contributed by atoms with E-state index >= 15 is 0 Å². The van der Waals surface area contributed by atoms with E-state index in [2.05, 4.69) is 6.58 Å². The van der Waals surface area contributed by atoms with Crippen LogP contribution in [0, 0.1) is 0 Å². The third-order valence-electron chi connectivity index (χ3n) is 1.63. The minimum atomic E-state index is -0.317. The van der Waals surface area contributed by atoms with Crippen molar-refractivity contribution in [3.63, 3.8) is 0 Å². The smallest absolute Gasteiger partial charge is 0.333 e. The van der Waals surface area contributed by atoms with E-state index < -0.39 is 0 Å². The number of aliphatic hydroxyl groups excluding tert-OH is 1. The Morgan fingerprint density at radius 2 is 1.92 bits per heavy atom. The Kier molecular flexibility index (Phi) is 7.30. The van der Waals surface area contributed by atoms with Crippen LogP contribution >= 0.6 is 0 Å². The van der Waals surface area contributed by atoms with Crippen molar-refractivity contribution in [2.24, 2.45) is 0 Å². The number of rotatable bonds is 7. The van der Waals surface area contributed by atoms with Gasteiger partial charge in [-0.3, -0.25) is 0 Å². The molecular formula is C10H18O3. The van der Waals surface area contributed by atoms with Gasteiger partial charge in [0.25, 0.3) is 0 Å². The van der Waals surface area contributed by atoms with Gasteiger partial charge in [-0.15, -0.1) is 0 Å². The van der Waals surface area contributed by atoms with Gasteiger partial charge in [0, 0.05) is 12.2 Å². The van der Waals surface area contributed by atoms with E-state index in [1.165, 1.54) is 0 Å². The lowest BCUT2D eigenvalue weighted by molar-refractivity contribution is -0.139. The maximum absolute atomic E-state index is 10.9. The fourth-order valence-electron chi connectivity index (χ4n) is 0.855. The summed E-state index contributed by atoms with van der Waals surface area (Å²) in [5.74, 6) is -0.317. The molecule has 0 saturated heterocycles. The summed E-state index contributed by atoms with van der Waals surface area (Å²) in [5, 5.41) is 8.49. The van der Waals surface area contributed by atoms with Gasteiger partial charge in [0.2, 0.25) is 0 Å². The van der Waals surface area contributed by atoms with Crippen molar-refractivity contribution >= 4 is 5.97 Å². The van der Waals surface area contributed by atoms with Crippen molar-refractivity contribution < 1.29 is 14.6 Å². The zero-order valence-corrected chi connectivity index (χ0v) is 8.21. The molecule has 0 aliphatic rings. The van der Waals surface area contributed by atoms with Gasteiger partial charge in [0.1, 0.15) is 0 Å². The average molecular weight is 186 g/mol. The molecule has 0 aliphatic carbocycles. The lowest BCUT2D eigenvalue weighted by atomic mass is 10.2.